The highest BCUT2D eigenvalue weighted by molar-refractivity contribution is 5.89. The smallest absolute Gasteiger partial charge is 0.340 e. The lowest BCUT2D eigenvalue weighted by Crippen LogP contribution is -2.45. The predicted octanol–water partition coefficient (Wildman–Crippen LogP) is 2.58. The summed E-state index contributed by atoms with van der Waals surface area (Å²) in [6.07, 6.45) is 0.721. The van der Waals surface area contributed by atoms with Gasteiger partial charge in [-0.25, -0.2) is 0 Å². The second-order valence-electron chi connectivity index (χ2n) is 6.21. The SMILES string of the molecule is CCN(C(=O)C1CC(=O)N(CC(F)(F)F)C1)C1CCCCC1. The Labute approximate surface area is 128 Å². The number of rotatable bonds is 4. The van der Waals surface area contributed by atoms with Crippen molar-refractivity contribution in [3.05, 3.63) is 0 Å². The predicted molar refractivity (Wildman–Crippen MR) is 75.0 cm³/mol. The summed E-state index contributed by atoms with van der Waals surface area (Å²) >= 11 is 0. The molecule has 1 saturated heterocycles. The van der Waals surface area contributed by atoms with Gasteiger partial charge in [0.2, 0.25) is 11.8 Å². The van der Waals surface area contributed by atoms with E-state index in [0.717, 1.165) is 30.6 Å². The lowest BCUT2D eigenvalue weighted by Gasteiger charge is -2.35. The lowest BCUT2D eigenvalue weighted by atomic mass is 9.93. The molecular weight excluding hydrogens is 297 g/mol. The zero-order valence-electron chi connectivity index (χ0n) is 12.9. The molecule has 1 aliphatic carbocycles. The van der Waals surface area contributed by atoms with Crippen molar-refractivity contribution >= 4 is 11.8 Å². The molecule has 1 unspecified atom stereocenters. The fraction of sp³-hybridized carbons (Fsp3) is 0.867. The summed E-state index contributed by atoms with van der Waals surface area (Å²) in [6, 6.07) is 0.179. The Hall–Kier alpha value is -1.27. The Kier molecular flexibility index (Phi) is 5.34. The van der Waals surface area contributed by atoms with Crippen LogP contribution < -0.4 is 0 Å². The van der Waals surface area contributed by atoms with Crippen molar-refractivity contribution in [1.29, 1.82) is 0 Å². The number of alkyl halides is 3. The molecule has 0 bridgehead atoms. The highest BCUT2D eigenvalue weighted by Crippen LogP contribution is 2.28. The van der Waals surface area contributed by atoms with Crippen molar-refractivity contribution in [3.63, 3.8) is 0 Å². The van der Waals surface area contributed by atoms with Crippen molar-refractivity contribution in [3.8, 4) is 0 Å². The minimum absolute atomic E-state index is 0.0991. The van der Waals surface area contributed by atoms with Crippen LogP contribution in [0.5, 0.6) is 0 Å². The number of amides is 2. The van der Waals surface area contributed by atoms with E-state index in [0.29, 0.717) is 6.54 Å². The molecule has 2 aliphatic rings. The van der Waals surface area contributed by atoms with E-state index in [1.165, 1.54) is 6.42 Å². The second kappa shape index (κ2) is 6.87. The fourth-order valence-corrected chi connectivity index (χ4v) is 3.53. The van der Waals surface area contributed by atoms with Gasteiger partial charge in [0.15, 0.2) is 0 Å². The molecule has 2 amide bonds. The third-order valence-corrected chi connectivity index (χ3v) is 4.57. The Bertz CT molecular complexity index is 420. The average Bonchev–Trinajstić information content (AvgIpc) is 2.80. The molecule has 126 valence electrons. The molecule has 1 aliphatic heterocycles. The molecule has 2 fully saturated rings. The van der Waals surface area contributed by atoms with Crippen LogP contribution in [0.3, 0.4) is 0 Å². The zero-order chi connectivity index (χ0) is 16.3. The van der Waals surface area contributed by atoms with Gasteiger partial charge in [-0.3, -0.25) is 9.59 Å². The number of nitrogens with zero attached hydrogens (tertiary/aromatic N) is 2. The summed E-state index contributed by atoms with van der Waals surface area (Å²) in [5.74, 6) is -1.36. The lowest BCUT2D eigenvalue weighted by molar-refractivity contribution is -0.157. The van der Waals surface area contributed by atoms with Gasteiger partial charge in [-0.1, -0.05) is 19.3 Å². The monoisotopic (exact) mass is 320 g/mol. The molecule has 7 heteroatoms. The molecule has 1 saturated carbocycles. The Morgan fingerprint density at radius 1 is 1.27 bits per heavy atom. The second-order valence-corrected chi connectivity index (χ2v) is 6.21. The average molecular weight is 320 g/mol. The maximum absolute atomic E-state index is 12.6. The summed E-state index contributed by atoms with van der Waals surface area (Å²) in [5, 5.41) is 0. The van der Waals surface area contributed by atoms with E-state index in [-0.39, 0.29) is 24.9 Å². The minimum atomic E-state index is -4.42. The van der Waals surface area contributed by atoms with Gasteiger partial charge in [-0.15, -0.1) is 0 Å². The van der Waals surface area contributed by atoms with Crippen LogP contribution in [-0.4, -0.2) is 53.5 Å². The van der Waals surface area contributed by atoms with Crippen LogP contribution in [0.15, 0.2) is 0 Å². The normalized spacial score (nSPS) is 23.9. The number of carbonyl (C=O) groups excluding carboxylic acids is 2. The van der Waals surface area contributed by atoms with Gasteiger partial charge in [0.25, 0.3) is 0 Å². The number of hydrogen-bond acceptors (Lipinski definition) is 2. The van der Waals surface area contributed by atoms with Crippen molar-refractivity contribution in [2.75, 3.05) is 19.6 Å². The summed E-state index contributed by atoms with van der Waals surface area (Å²) < 4.78 is 37.3. The molecule has 1 atom stereocenters. The molecule has 0 aromatic heterocycles. The molecule has 0 radical (unpaired) electrons. The van der Waals surface area contributed by atoms with Gasteiger partial charge >= 0.3 is 6.18 Å². The maximum atomic E-state index is 12.6. The fourth-order valence-electron chi connectivity index (χ4n) is 3.53. The van der Waals surface area contributed by atoms with E-state index in [1.807, 2.05) is 6.92 Å². The van der Waals surface area contributed by atoms with Crippen molar-refractivity contribution in [1.82, 2.24) is 9.80 Å². The molecular formula is C15H23F3N2O2. The van der Waals surface area contributed by atoms with Crippen LogP contribution in [0.2, 0.25) is 0 Å². The van der Waals surface area contributed by atoms with Crippen LogP contribution in [-0.2, 0) is 9.59 Å². The maximum Gasteiger partial charge on any atom is 0.406 e. The van der Waals surface area contributed by atoms with Crippen LogP contribution in [0.4, 0.5) is 13.2 Å². The standard InChI is InChI=1S/C15H23F3N2O2/c1-2-20(12-6-4-3-5-7-12)14(22)11-8-13(21)19(9-11)10-15(16,17)18/h11-12H,2-10H2,1H3. The molecule has 0 aromatic carbocycles. The summed E-state index contributed by atoms with van der Waals surface area (Å²) in [6.45, 7) is 1.07. The molecule has 0 aromatic rings. The number of hydrogen-bond donors (Lipinski definition) is 0. The first-order valence-electron chi connectivity index (χ1n) is 7.97. The Morgan fingerprint density at radius 3 is 2.45 bits per heavy atom. The molecule has 1 heterocycles. The van der Waals surface area contributed by atoms with Crippen LogP contribution in [0.1, 0.15) is 45.4 Å². The highest BCUT2D eigenvalue weighted by Gasteiger charge is 2.42. The van der Waals surface area contributed by atoms with Gasteiger partial charge in [0.1, 0.15) is 6.54 Å². The van der Waals surface area contributed by atoms with E-state index in [9.17, 15) is 22.8 Å². The van der Waals surface area contributed by atoms with Crippen LogP contribution in [0.25, 0.3) is 0 Å². The Balaban J connectivity index is 1.98. The van der Waals surface area contributed by atoms with Gasteiger partial charge in [-0.05, 0) is 19.8 Å². The van der Waals surface area contributed by atoms with Crippen LogP contribution in [0, 0.1) is 5.92 Å². The number of likely N-dealkylation sites (tertiary alicyclic amines) is 1. The van der Waals surface area contributed by atoms with Crippen molar-refractivity contribution in [2.45, 2.75) is 57.7 Å². The molecule has 4 nitrogen and oxygen atoms in total. The first-order valence-corrected chi connectivity index (χ1v) is 7.97. The summed E-state index contributed by atoms with van der Waals surface area (Å²) in [7, 11) is 0. The van der Waals surface area contributed by atoms with Gasteiger partial charge in [-0.2, -0.15) is 13.2 Å². The third-order valence-electron chi connectivity index (χ3n) is 4.57. The molecule has 22 heavy (non-hydrogen) atoms. The first-order chi connectivity index (χ1) is 10.3. The van der Waals surface area contributed by atoms with E-state index in [1.54, 1.807) is 4.90 Å². The largest absolute Gasteiger partial charge is 0.406 e. The van der Waals surface area contributed by atoms with Gasteiger partial charge in [0.05, 0.1) is 5.92 Å². The van der Waals surface area contributed by atoms with Crippen molar-refractivity contribution in [2.24, 2.45) is 5.92 Å². The number of carbonyl (C=O) groups is 2. The number of halogens is 3. The molecule has 0 spiro atoms. The minimum Gasteiger partial charge on any atom is -0.340 e. The van der Waals surface area contributed by atoms with Crippen LogP contribution >= 0.6 is 0 Å². The highest BCUT2D eigenvalue weighted by atomic mass is 19.4. The molecule has 0 N–H and O–H groups in total. The quantitative estimate of drug-likeness (QED) is 0.799. The first kappa shape index (κ1) is 17.1. The van der Waals surface area contributed by atoms with E-state index in [4.69, 9.17) is 0 Å². The van der Waals surface area contributed by atoms with Gasteiger partial charge < -0.3 is 9.80 Å². The van der Waals surface area contributed by atoms with E-state index < -0.39 is 24.5 Å². The van der Waals surface area contributed by atoms with Gasteiger partial charge in [0, 0.05) is 25.6 Å². The zero-order valence-corrected chi connectivity index (χ0v) is 12.9. The molecule has 2 rings (SSSR count). The third kappa shape index (κ3) is 4.14. The summed E-state index contributed by atoms with van der Waals surface area (Å²) in [5.41, 5.74) is 0. The van der Waals surface area contributed by atoms with E-state index in [2.05, 4.69) is 0 Å². The summed E-state index contributed by atoms with van der Waals surface area (Å²) in [4.78, 5) is 26.8. The van der Waals surface area contributed by atoms with Crippen molar-refractivity contribution < 1.29 is 22.8 Å². The van der Waals surface area contributed by atoms with E-state index >= 15 is 0 Å². The topological polar surface area (TPSA) is 40.6 Å². The Morgan fingerprint density at radius 2 is 1.91 bits per heavy atom.